The molecule has 0 aliphatic rings. The lowest BCUT2D eigenvalue weighted by molar-refractivity contribution is -0.121. The summed E-state index contributed by atoms with van der Waals surface area (Å²) in [5.41, 5.74) is 4.32. The number of halogens is 2. The molecule has 0 radical (unpaired) electrons. The Morgan fingerprint density at radius 2 is 1.75 bits per heavy atom. The van der Waals surface area contributed by atoms with Crippen LogP contribution in [-0.4, -0.2) is 26.7 Å². The van der Waals surface area contributed by atoms with Gasteiger partial charge in [-0.15, -0.1) is 0 Å². The maximum absolute atomic E-state index is 13.8. The van der Waals surface area contributed by atoms with Crippen LogP contribution < -0.4 is 15.6 Å². The molecule has 8 nitrogen and oxygen atoms in total. The normalized spacial score (nSPS) is 11.3. The molecule has 0 spiro atoms. The lowest BCUT2D eigenvalue weighted by atomic mass is 10.1. The van der Waals surface area contributed by atoms with E-state index in [-0.39, 0.29) is 29.0 Å². The fraction of sp³-hybridized carbons (Fsp3) is 0.0385. The monoisotopic (exact) mass is 501 g/mol. The third-order valence-corrected chi connectivity index (χ3v) is 5.52. The first-order chi connectivity index (χ1) is 17.5. The minimum absolute atomic E-state index is 0.0461. The molecule has 1 amide bonds. The van der Waals surface area contributed by atoms with Crippen LogP contribution in [0.15, 0.2) is 88.9 Å². The molecule has 2 aromatic heterocycles. The first-order valence-corrected chi connectivity index (χ1v) is 11.2. The number of ether oxygens (including phenoxy) is 1. The van der Waals surface area contributed by atoms with Gasteiger partial charge in [0.1, 0.15) is 12.3 Å². The maximum atomic E-state index is 13.8. The lowest BCUT2D eigenvalue weighted by Gasteiger charge is -2.14. The molecule has 5 rings (SSSR count). The molecule has 0 atom stereocenters. The van der Waals surface area contributed by atoms with E-state index in [0.717, 1.165) is 6.20 Å². The number of hydrogen-bond acceptors (Lipinski definition) is 6. The summed E-state index contributed by atoms with van der Waals surface area (Å²) in [5.74, 6) is -1.15. The molecule has 0 unspecified atom stereocenters. The van der Waals surface area contributed by atoms with Gasteiger partial charge in [0.05, 0.1) is 23.4 Å². The third kappa shape index (κ3) is 4.77. The Labute approximate surface area is 208 Å². The van der Waals surface area contributed by atoms with Gasteiger partial charge in [0.15, 0.2) is 5.43 Å². The van der Waals surface area contributed by atoms with Crippen LogP contribution in [0.2, 0.25) is 5.28 Å². The summed E-state index contributed by atoms with van der Waals surface area (Å²) in [6, 6.07) is 20.9. The van der Waals surface area contributed by atoms with Crippen molar-refractivity contribution in [3.63, 3.8) is 0 Å². The van der Waals surface area contributed by atoms with E-state index >= 15 is 0 Å². The highest BCUT2D eigenvalue weighted by molar-refractivity contribution is 6.28. The summed E-state index contributed by atoms with van der Waals surface area (Å²) in [7, 11) is 0. The van der Waals surface area contributed by atoms with Gasteiger partial charge < -0.3 is 9.30 Å². The summed E-state index contributed by atoms with van der Waals surface area (Å²) < 4.78 is 21.1. The van der Waals surface area contributed by atoms with Gasteiger partial charge in [0.25, 0.3) is 11.8 Å². The van der Waals surface area contributed by atoms with Crippen molar-refractivity contribution >= 4 is 45.5 Å². The first kappa shape index (κ1) is 23.1. The lowest BCUT2D eigenvalue weighted by Crippen LogP contribution is -2.25. The van der Waals surface area contributed by atoms with Crippen molar-refractivity contribution in [3.05, 3.63) is 106 Å². The van der Waals surface area contributed by atoms with Crippen molar-refractivity contribution in [2.45, 2.75) is 6.54 Å². The number of hydrazone groups is 1. The van der Waals surface area contributed by atoms with Crippen LogP contribution in [0, 0.1) is 5.82 Å². The van der Waals surface area contributed by atoms with E-state index in [0.29, 0.717) is 33.1 Å². The van der Waals surface area contributed by atoms with Gasteiger partial charge in [-0.1, -0.05) is 36.4 Å². The molecule has 3 aromatic carbocycles. The van der Waals surface area contributed by atoms with E-state index in [1.54, 1.807) is 65.2 Å². The van der Waals surface area contributed by atoms with Crippen LogP contribution in [0.5, 0.6) is 11.6 Å². The number of benzene rings is 3. The van der Waals surface area contributed by atoms with E-state index in [2.05, 4.69) is 20.5 Å². The molecule has 0 fully saturated rings. The molecular weight excluding hydrogens is 485 g/mol. The maximum Gasteiger partial charge on any atom is 0.260 e. The standard InChI is InChI=1S/C26H17ClFN5O3/c27-26-29-14-20(28)25(31-26)36-17-7-5-6-16(12-17)13-30-32-23(34)15-33-21-10-3-1-8-18(21)24(35)19-9-2-4-11-22(19)33/h1-14H,15H2,(H,32,34)/b30-13-. The predicted octanol–water partition coefficient (Wildman–Crippen LogP) is 4.68. The van der Waals surface area contributed by atoms with Crippen LogP contribution in [-0.2, 0) is 11.3 Å². The minimum atomic E-state index is -0.756. The topological polar surface area (TPSA) is 98.5 Å². The van der Waals surface area contributed by atoms with E-state index < -0.39 is 5.82 Å². The van der Waals surface area contributed by atoms with Gasteiger partial charge in [0.2, 0.25) is 11.1 Å². The number of amides is 1. The Morgan fingerprint density at radius 3 is 2.47 bits per heavy atom. The van der Waals surface area contributed by atoms with Crippen molar-refractivity contribution in [3.8, 4) is 11.6 Å². The van der Waals surface area contributed by atoms with Crippen molar-refractivity contribution in [1.29, 1.82) is 0 Å². The molecule has 36 heavy (non-hydrogen) atoms. The highest BCUT2D eigenvalue weighted by Crippen LogP contribution is 2.23. The van der Waals surface area contributed by atoms with Crippen molar-refractivity contribution in [1.82, 2.24) is 20.0 Å². The molecule has 0 aliphatic heterocycles. The average Bonchev–Trinajstić information content (AvgIpc) is 2.89. The molecule has 10 heteroatoms. The van der Waals surface area contributed by atoms with Gasteiger partial charge in [-0.3, -0.25) is 9.59 Å². The molecule has 0 saturated carbocycles. The Balaban J connectivity index is 1.33. The Hall–Kier alpha value is -4.63. The number of carbonyl (C=O) groups is 1. The molecule has 0 bridgehead atoms. The van der Waals surface area contributed by atoms with E-state index in [1.807, 2.05) is 12.1 Å². The number of nitrogens with one attached hydrogen (secondary N) is 1. The van der Waals surface area contributed by atoms with E-state index in [9.17, 15) is 14.0 Å². The van der Waals surface area contributed by atoms with Gasteiger partial charge in [-0.2, -0.15) is 14.5 Å². The third-order valence-electron chi connectivity index (χ3n) is 5.34. The number of fused-ring (bicyclic) bond motifs is 2. The zero-order valence-electron chi connectivity index (χ0n) is 18.6. The van der Waals surface area contributed by atoms with Gasteiger partial charge in [-0.25, -0.2) is 10.4 Å². The Kier molecular flexibility index (Phi) is 6.38. The second-order valence-electron chi connectivity index (χ2n) is 7.71. The second-order valence-corrected chi connectivity index (χ2v) is 8.05. The number of nitrogens with zero attached hydrogens (tertiary/aromatic N) is 4. The summed E-state index contributed by atoms with van der Waals surface area (Å²) in [6.07, 6.45) is 2.34. The molecule has 5 aromatic rings. The molecule has 2 heterocycles. The number of rotatable bonds is 6. The molecule has 1 N–H and O–H groups in total. The zero-order valence-corrected chi connectivity index (χ0v) is 19.3. The summed E-state index contributed by atoms with van der Waals surface area (Å²) >= 11 is 5.70. The van der Waals surface area contributed by atoms with Gasteiger partial charge in [0, 0.05) is 10.8 Å². The quantitative estimate of drug-likeness (QED) is 0.158. The van der Waals surface area contributed by atoms with Crippen LogP contribution in [0.25, 0.3) is 21.8 Å². The largest absolute Gasteiger partial charge is 0.436 e. The number of aromatic nitrogens is 3. The van der Waals surface area contributed by atoms with Crippen molar-refractivity contribution in [2.75, 3.05) is 0 Å². The van der Waals surface area contributed by atoms with Gasteiger partial charge in [-0.05, 0) is 53.6 Å². The highest BCUT2D eigenvalue weighted by Gasteiger charge is 2.13. The SMILES string of the molecule is O=C(Cn1c2ccccc2c(=O)c2ccccc21)N/N=C\c1cccc(Oc2nc(Cl)ncc2F)c1. The zero-order chi connectivity index (χ0) is 25.1. The number of carbonyl (C=O) groups excluding carboxylic acids is 1. The average molecular weight is 502 g/mol. The summed E-state index contributed by atoms with van der Waals surface area (Å²) in [6.45, 7) is -0.0461. The molecule has 0 aliphatic carbocycles. The number of para-hydroxylation sites is 2. The predicted molar refractivity (Wildman–Crippen MR) is 135 cm³/mol. The Morgan fingerprint density at radius 1 is 1.06 bits per heavy atom. The smallest absolute Gasteiger partial charge is 0.260 e. The van der Waals surface area contributed by atoms with Crippen LogP contribution in [0.1, 0.15) is 5.56 Å². The molecule has 178 valence electrons. The first-order valence-electron chi connectivity index (χ1n) is 10.8. The molecule has 0 saturated heterocycles. The minimum Gasteiger partial charge on any atom is -0.436 e. The van der Waals surface area contributed by atoms with Crippen molar-refractivity contribution in [2.24, 2.45) is 5.10 Å². The summed E-state index contributed by atoms with van der Waals surface area (Å²) in [5, 5.41) is 4.94. The second kappa shape index (κ2) is 9.93. The van der Waals surface area contributed by atoms with Gasteiger partial charge >= 0.3 is 0 Å². The fourth-order valence-electron chi connectivity index (χ4n) is 3.78. The summed E-state index contributed by atoms with van der Waals surface area (Å²) in [4.78, 5) is 32.8. The van der Waals surface area contributed by atoms with Crippen LogP contribution in [0.3, 0.4) is 0 Å². The van der Waals surface area contributed by atoms with Crippen molar-refractivity contribution < 1.29 is 13.9 Å². The number of hydrogen-bond donors (Lipinski definition) is 1. The fourth-order valence-corrected chi connectivity index (χ4v) is 3.90. The van der Waals surface area contributed by atoms with Crippen LogP contribution >= 0.6 is 11.6 Å². The van der Waals surface area contributed by atoms with Crippen LogP contribution in [0.4, 0.5) is 4.39 Å². The Bertz CT molecular complexity index is 1640. The van der Waals surface area contributed by atoms with E-state index in [1.165, 1.54) is 6.21 Å². The highest BCUT2D eigenvalue weighted by atomic mass is 35.5. The molecular formula is C26H17ClFN5O3. The van der Waals surface area contributed by atoms with E-state index in [4.69, 9.17) is 16.3 Å². The number of pyridine rings is 1.